The third-order valence-electron chi connectivity index (χ3n) is 1.84. The maximum atomic E-state index is 12.0. The third-order valence-corrected chi connectivity index (χ3v) is 2.98. The van der Waals surface area contributed by atoms with Crippen molar-refractivity contribution < 1.29 is 17.9 Å². The van der Waals surface area contributed by atoms with Crippen molar-refractivity contribution in [2.75, 3.05) is 11.0 Å². The lowest BCUT2D eigenvalue weighted by Crippen LogP contribution is -2.20. The largest absolute Gasteiger partial charge is 0.411 e. The number of rotatable bonds is 4. The van der Waals surface area contributed by atoms with Gasteiger partial charge in [-0.05, 0) is 6.07 Å². The maximum Gasteiger partial charge on any atom is 0.411 e. The van der Waals surface area contributed by atoms with Crippen LogP contribution in [0, 0.1) is 0 Å². The molecule has 0 N–H and O–H groups in total. The monoisotopic (exact) mass is 364 g/mol. The van der Waals surface area contributed by atoms with Gasteiger partial charge >= 0.3 is 6.18 Å². The molecule has 0 aliphatic heterocycles. The van der Waals surface area contributed by atoms with Crippen molar-refractivity contribution in [1.29, 1.82) is 0 Å². The lowest BCUT2D eigenvalue weighted by molar-refractivity contribution is -0.183. The quantitative estimate of drug-likeness (QED) is 0.568. The predicted molar refractivity (Wildman–Crippen MR) is 65.1 cm³/mol. The molecule has 6 heteroatoms. The Morgan fingerprint density at radius 2 is 1.94 bits per heavy atom. The van der Waals surface area contributed by atoms with Crippen LogP contribution in [0.2, 0.25) is 5.02 Å². The molecular weight excluding hydrogens is 355 g/mol. The van der Waals surface area contributed by atoms with E-state index >= 15 is 0 Å². The number of hydrogen-bond acceptors (Lipinski definition) is 1. The zero-order valence-corrected chi connectivity index (χ0v) is 11.0. The maximum absolute atomic E-state index is 12.0. The van der Waals surface area contributed by atoms with Crippen LogP contribution in [0.15, 0.2) is 24.3 Å². The standard InChI is InChI=1S/C10H9ClF3IO/c11-8-4-2-1-3-7(8)9(5-15)16-6-10(12,13)14/h1-4,9H,5-6H2. The summed E-state index contributed by atoms with van der Waals surface area (Å²) in [6, 6.07) is 6.74. The van der Waals surface area contributed by atoms with E-state index in [0.29, 0.717) is 15.0 Å². The number of alkyl halides is 4. The van der Waals surface area contributed by atoms with Crippen LogP contribution in [0.4, 0.5) is 13.2 Å². The summed E-state index contributed by atoms with van der Waals surface area (Å²) < 4.78 is 41.2. The summed E-state index contributed by atoms with van der Waals surface area (Å²) >= 11 is 7.85. The van der Waals surface area contributed by atoms with E-state index in [0.717, 1.165) is 0 Å². The molecule has 1 aromatic carbocycles. The van der Waals surface area contributed by atoms with Crippen LogP contribution >= 0.6 is 34.2 Å². The average molecular weight is 365 g/mol. The van der Waals surface area contributed by atoms with Crippen LogP contribution in [0.5, 0.6) is 0 Å². The fraction of sp³-hybridized carbons (Fsp3) is 0.400. The normalized spacial score (nSPS) is 13.8. The minimum absolute atomic E-state index is 0.414. The zero-order valence-electron chi connectivity index (χ0n) is 8.10. The van der Waals surface area contributed by atoms with Crippen molar-refractivity contribution in [3.05, 3.63) is 34.9 Å². The highest BCUT2D eigenvalue weighted by molar-refractivity contribution is 14.1. The van der Waals surface area contributed by atoms with Crippen LogP contribution in [-0.4, -0.2) is 17.2 Å². The third kappa shape index (κ3) is 4.47. The molecule has 1 nitrogen and oxygen atoms in total. The molecule has 90 valence electrons. The summed E-state index contributed by atoms with van der Waals surface area (Å²) in [5.41, 5.74) is 0.586. The smallest absolute Gasteiger partial charge is 0.363 e. The van der Waals surface area contributed by atoms with Crippen molar-refractivity contribution >= 4 is 34.2 Å². The van der Waals surface area contributed by atoms with Gasteiger partial charge in [-0.15, -0.1) is 0 Å². The Kier molecular flexibility index (Phi) is 5.33. The molecule has 0 fully saturated rings. The summed E-state index contributed by atoms with van der Waals surface area (Å²) in [4.78, 5) is 0. The first-order valence-corrected chi connectivity index (χ1v) is 6.33. The van der Waals surface area contributed by atoms with Crippen molar-refractivity contribution in [3.8, 4) is 0 Å². The Hall–Kier alpha value is -0.0100. The van der Waals surface area contributed by atoms with Crippen molar-refractivity contribution in [1.82, 2.24) is 0 Å². The van der Waals surface area contributed by atoms with Gasteiger partial charge in [0.25, 0.3) is 0 Å². The van der Waals surface area contributed by atoms with Gasteiger partial charge in [0.1, 0.15) is 6.61 Å². The van der Waals surface area contributed by atoms with Crippen molar-refractivity contribution in [3.63, 3.8) is 0 Å². The summed E-state index contributed by atoms with van der Waals surface area (Å²) in [6.07, 6.45) is -4.94. The number of ether oxygens (including phenoxy) is 1. The molecule has 0 amide bonds. The molecule has 0 spiro atoms. The van der Waals surface area contributed by atoms with Gasteiger partial charge in [-0.3, -0.25) is 0 Å². The van der Waals surface area contributed by atoms with E-state index in [9.17, 15) is 13.2 Å². The van der Waals surface area contributed by atoms with Crippen LogP contribution in [0.1, 0.15) is 11.7 Å². The van der Waals surface area contributed by atoms with Gasteiger partial charge in [0.15, 0.2) is 0 Å². The highest BCUT2D eigenvalue weighted by Crippen LogP contribution is 2.29. The lowest BCUT2D eigenvalue weighted by Gasteiger charge is -2.18. The molecule has 0 bridgehead atoms. The summed E-state index contributed by atoms with van der Waals surface area (Å²) in [5.74, 6) is 0. The minimum atomic E-state index is -4.31. The Labute approximate surface area is 110 Å². The Balaban J connectivity index is 2.72. The average Bonchev–Trinajstić information content (AvgIpc) is 2.20. The summed E-state index contributed by atoms with van der Waals surface area (Å²) in [7, 11) is 0. The summed E-state index contributed by atoms with van der Waals surface area (Å²) in [5, 5.41) is 0.423. The molecule has 0 radical (unpaired) electrons. The highest BCUT2D eigenvalue weighted by Gasteiger charge is 2.29. The number of halogens is 5. The van der Waals surface area contributed by atoms with E-state index in [2.05, 4.69) is 0 Å². The predicted octanol–water partition coefficient (Wildman–Crippen LogP) is 4.40. The van der Waals surface area contributed by atoms with Crippen LogP contribution in [-0.2, 0) is 4.74 Å². The van der Waals surface area contributed by atoms with E-state index < -0.39 is 18.9 Å². The van der Waals surface area contributed by atoms with E-state index in [1.807, 2.05) is 22.6 Å². The first-order valence-electron chi connectivity index (χ1n) is 4.43. The lowest BCUT2D eigenvalue weighted by atomic mass is 10.1. The second kappa shape index (κ2) is 6.07. The molecule has 1 atom stereocenters. The van der Waals surface area contributed by atoms with Crippen LogP contribution in [0.3, 0.4) is 0 Å². The summed E-state index contributed by atoms with van der Waals surface area (Å²) in [6.45, 7) is -1.26. The second-order valence-electron chi connectivity index (χ2n) is 3.09. The Morgan fingerprint density at radius 3 is 2.44 bits per heavy atom. The fourth-order valence-corrected chi connectivity index (χ4v) is 2.13. The van der Waals surface area contributed by atoms with Gasteiger partial charge in [0.05, 0.1) is 6.10 Å². The SMILES string of the molecule is FC(F)(F)COC(CI)c1ccccc1Cl. The molecule has 0 aromatic heterocycles. The van der Waals surface area contributed by atoms with Crippen LogP contribution in [0.25, 0.3) is 0 Å². The fourth-order valence-electron chi connectivity index (χ4n) is 1.15. The van der Waals surface area contributed by atoms with E-state index in [1.54, 1.807) is 24.3 Å². The Morgan fingerprint density at radius 1 is 1.31 bits per heavy atom. The molecule has 1 aromatic rings. The van der Waals surface area contributed by atoms with Gasteiger partial charge in [-0.2, -0.15) is 13.2 Å². The molecule has 0 saturated heterocycles. The Bertz CT molecular complexity index is 343. The first-order chi connectivity index (χ1) is 7.44. The molecule has 1 unspecified atom stereocenters. The van der Waals surface area contributed by atoms with Crippen molar-refractivity contribution in [2.45, 2.75) is 12.3 Å². The van der Waals surface area contributed by atoms with E-state index in [-0.39, 0.29) is 0 Å². The molecule has 16 heavy (non-hydrogen) atoms. The van der Waals surface area contributed by atoms with Crippen molar-refractivity contribution in [2.24, 2.45) is 0 Å². The van der Waals surface area contributed by atoms with E-state index in [1.165, 1.54) is 0 Å². The first kappa shape index (κ1) is 14.1. The van der Waals surface area contributed by atoms with Gasteiger partial charge in [-0.25, -0.2) is 0 Å². The minimum Gasteiger partial charge on any atom is -0.363 e. The highest BCUT2D eigenvalue weighted by atomic mass is 127. The molecule has 0 aliphatic rings. The molecule has 0 saturated carbocycles. The molecule has 1 rings (SSSR count). The van der Waals surface area contributed by atoms with Gasteiger partial charge in [-0.1, -0.05) is 52.4 Å². The van der Waals surface area contributed by atoms with E-state index in [4.69, 9.17) is 16.3 Å². The molecular formula is C10H9ClF3IO. The van der Waals surface area contributed by atoms with Gasteiger partial charge in [0.2, 0.25) is 0 Å². The van der Waals surface area contributed by atoms with Gasteiger partial charge < -0.3 is 4.74 Å². The number of hydrogen-bond donors (Lipinski definition) is 0. The second-order valence-corrected chi connectivity index (χ2v) is 4.38. The van der Waals surface area contributed by atoms with Gasteiger partial charge in [0, 0.05) is 15.0 Å². The topological polar surface area (TPSA) is 9.23 Å². The van der Waals surface area contributed by atoms with Crippen LogP contribution < -0.4 is 0 Å². The molecule has 0 heterocycles. The molecule has 0 aliphatic carbocycles. The zero-order chi connectivity index (χ0) is 12.2. The number of benzene rings is 1.